The first kappa shape index (κ1) is 11.0. The molecule has 0 saturated heterocycles. The molecule has 0 aliphatic heterocycles. The van der Waals surface area contributed by atoms with Crippen molar-refractivity contribution in [2.24, 2.45) is 0 Å². The average molecular weight is 209 g/mol. The first-order valence-corrected chi connectivity index (χ1v) is 4.14. The lowest BCUT2D eigenvalue weighted by Gasteiger charge is -1.97. The Morgan fingerprint density at radius 2 is 2.33 bits per heavy atom. The van der Waals surface area contributed by atoms with Crippen LogP contribution in [-0.4, -0.2) is 22.3 Å². The summed E-state index contributed by atoms with van der Waals surface area (Å²) in [4.78, 5) is 23.8. The number of carbonyl (C=O) groups is 2. The zero-order valence-electron chi connectivity index (χ0n) is 7.68. The van der Waals surface area contributed by atoms with Gasteiger partial charge in [-0.2, -0.15) is 4.39 Å². The van der Waals surface area contributed by atoms with Crippen LogP contribution in [0.15, 0.2) is 18.3 Å². The lowest BCUT2D eigenvalue weighted by atomic mass is 10.2. The Kier molecular flexibility index (Phi) is 3.68. The van der Waals surface area contributed by atoms with Crippen LogP contribution in [0.25, 0.3) is 6.08 Å². The van der Waals surface area contributed by atoms with Crippen molar-refractivity contribution in [3.63, 3.8) is 0 Å². The number of aromatic carboxylic acids is 1. The van der Waals surface area contributed by atoms with E-state index in [1.54, 1.807) is 0 Å². The fourth-order valence-corrected chi connectivity index (χ4v) is 0.965. The first-order valence-electron chi connectivity index (χ1n) is 4.14. The molecule has 0 bridgehead atoms. The van der Waals surface area contributed by atoms with E-state index in [2.05, 4.69) is 4.98 Å². The highest BCUT2D eigenvalue weighted by Gasteiger charge is 2.10. The quantitative estimate of drug-likeness (QED) is 0.603. The summed E-state index contributed by atoms with van der Waals surface area (Å²) < 4.78 is 12.8. The van der Waals surface area contributed by atoms with Gasteiger partial charge in [0, 0.05) is 12.6 Å². The molecule has 0 fully saturated rings. The maximum atomic E-state index is 12.8. The molecule has 1 N–H and O–H groups in total. The third kappa shape index (κ3) is 2.98. The predicted octanol–water partition coefficient (Wildman–Crippen LogP) is 1.52. The minimum Gasteiger partial charge on any atom is -0.478 e. The second kappa shape index (κ2) is 4.99. The van der Waals surface area contributed by atoms with Gasteiger partial charge in [0.1, 0.15) is 11.8 Å². The van der Waals surface area contributed by atoms with Crippen LogP contribution >= 0.6 is 0 Å². The standard InChI is InChI=1S/C10H8FNO3/c11-9-8(10(14)15)5-7(6-12-9)3-1-2-4-13/h1,3-6H,2H2,(H,14,15). The molecule has 78 valence electrons. The summed E-state index contributed by atoms with van der Waals surface area (Å²) in [6, 6.07) is 1.16. The van der Waals surface area contributed by atoms with Gasteiger partial charge >= 0.3 is 5.97 Å². The number of halogens is 1. The Hall–Kier alpha value is -2.04. The van der Waals surface area contributed by atoms with E-state index in [1.165, 1.54) is 18.3 Å². The summed E-state index contributed by atoms with van der Waals surface area (Å²) in [6.07, 6.45) is 5.16. The summed E-state index contributed by atoms with van der Waals surface area (Å²) in [5, 5.41) is 8.60. The van der Waals surface area contributed by atoms with Crippen LogP contribution in [0.5, 0.6) is 0 Å². The molecular weight excluding hydrogens is 201 g/mol. The number of hydrogen-bond acceptors (Lipinski definition) is 3. The van der Waals surface area contributed by atoms with Crippen molar-refractivity contribution in [2.75, 3.05) is 0 Å². The third-order valence-electron chi connectivity index (χ3n) is 1.63. The SMILES string of the molecule is O=CCC=Cc1cnc(F)c(C(=O)O)c1. The van der Waals surface area contributed by atoms with Crippen LogP contribution in [0.1, 0.15) is 22.3 Å². The fraction of sp³-hybridized carbons (Fsp3) is 0.100. The van der Waals surface area contributed by atoms with Crippen LogP contribution in [-0.2, 0) is 4.79 Å². The monoisotopic (exact) mass is 209 g/mol. The highest BCUT2D eigenvalue weighted by atomic mass is 19.1. The largest absolute Gasteiger partial charge is 0.478 e. The van der Waals surface area contributed by atoms with Crippen molar-refractivity contribution < 1.29 is 19.1 Å². The van der Waals surface area contributed by atoms with Crippen LogP contribution in [0.3, 0.4) is 0 Å². The molecule has 15 heavy (non-hydrogen) atoms. The van der Waals surface area contributed by atoms with E-state index in [4.69, 9.17) is 5.11 Å². The Bertz CT molecular complexity index is 415. The molecule has 0 unspecified atom stereocenters. The van der Waals surface area contributed by atoms with E-state index in [-0.39, 0.29) is 6.42 Å². The minimum atomic E-state index is -1.37. The third-order valence-corrected chi connectivity index (χ3v) is 1.63. The molecular formula is C10H8FNO3. The smallest absolute Gasteiger partial charge is 0.340 e. The maximum Gasteiger partial charge on any atom is 0.340 e. The summed E-state index contributed by atoms with van der Waals surface area (Å²) in [5.74, 6) is -2.39. The Labute approximate surface area is 85.1 Å². The van der Waals surface area contributed by atoms with Crippen LogP contribution in [0.4, 0.5) is 4.39 Å². The summed E-state index contributed by atoms with van der Waals surface area (Å²) in [7, 11) is 0. The highest BCUT2D eigenvalue weighted by Crippen LogP contribution is 2.09. The molecule has 0 saturated carbocycles. The number of hydrogen-bond donors (Lipinski definition) is 1. The number of carbonyl (C=O) groups excluding carboxylic acids is 1. The molecule has 0 spiro atoms. The van der Waals surface area contributed by atoms with E-state index in [0.29, 0.717) is 11.8 Å². The number of pyridine rings is 1. The number of rotatable bonds is 4. The maximum absolute atomic E-state index is 12.8. The van der Waals surface area contributed by atoms with Crippen molar-refractivity contribution in [2.45, 2.75) is 6.42 Å². The molecule has 0 aliphatic carbocycles. The van der Waals surface area contributed by atoms with Crippen molar-refractivity contribution in [3.8, 4) is 0 Å². The molecule has 0 atom stereocenters. The molecule has 0 radical (unpaired) electrons. The number of carboxylic acid groups (broad SMARTS) is 1. The van der Waals surface area contributed by atoms with Gasteiger partial charge in [0.05, 0.1) is 0 Å². The van der Waals surface area contributed by atoms with Crippen LogP contribution in [0.2, 0.25) is 0 Å². The molecule has 0 amide bonds. The number of aromatic nitrogens is 1. The predicted molar refractivity (Wildman–Crippen MR) is 50.9 cm³/mol. The second-order valence-electron chi connectivity index (χ2n) is 2.72. The first-order chi connectivity index (χ1) is 7.15. The Morgan fingerprint density at radius 1 is 1.60 bits per heavy atom. The molecule has 1 heterocycles. The van der Waals surface area contributed by atoms with Gasteiger partial charge in [-0.05, 0) is 11.6 Å². The van der Waals surface area contributed by atoms with Crippen molar-refractivity contribution >= 4 is 18.3 Å². The summed E-state index contributed by atoms with van der Waals surface area (Å²) in [5.41, 5.74) is -0.0427. The molecule has 0 aliphatic rings. The van der Waals surface area contributed by atoms with Crippen LogP contribution < -0.4 is 0 Å². The van der Waals surface area contributed by atoms with E-state index >= 15 is 0 Å². The van der Waals surface area contributed by atoms with Gasteiger partial charge in [-0.15, -0.1) is 0 Å². The van der Waals surface area contributed by atoms with Gasteiger partial charge in [0.25, 0.3) is 0 Å². The van der Waals surface area contributed by atoms with Gasteiger partial charge in [-0.25, -0.2) is 9.78 Å². The van der Waals surface area contributed by atoms with Gasteiger partial charge in [-0.3, -0.25) is 0 Å². The van der Waals surface area contributed by atoms with Gasteiger partial charge in [-0.1, -0.05) is 12.2 Å². The second-order valence-corrected chi connectivity index (χ2v) is 2.72. The van der Waals surface area contributed by atoms with E-state index in [1.807, 2.05) is 0 Å². The van der Waals surface area contributed by atoms with Gasteiger partial charge in [0.15, 0.2) is 0 Å². The van der Waals surface area contributed by atoms with Crippen molar-refractivity contribution in [1.82, 2.24) is 4.98 Å². The van der Waals surface area contributed by atoms with Crippen molar-refractivity contribution in [3.05, 3.63) is 35.4 Å². The lowest BCUT2D eigenvalue weighted by Crippen LogP contribution is -2.02. The number of allylic oxidation sites excluding steroid dienone is 1. The fourth-order valence-electron chi connectivity index (χ4n) is 0.965. The normalized spacial score (nSPS) is 10.5. The van der Waals surface area contributed by atoms with Crippen molar-refractivity contribution in [1.29, 1.82) is 0 Å². The number of carboxylic acids is 1. The zero-order valence-corrected chi connectivity index (χ0v) is 7.68. The topological polar surface area (TPSA) is 67.3 Å². The number of aldehydes is 1. The summed E-state index contributed by atoms with van der Waals surface area (Å²) >= 11 is 0. The average Bonchev–Trinajstić information content (AvgIpc) is 2.20. The van der Waals surface area contributed by atoms with E-state index < -0.39 is 17.5 Å². The lowest BCUT2D eigenvalue weighted by molar-refractivity contribution is -0.107. The molecule has 0 aromatic carbocycles. The Balaban J connectivity index is 2.97. The van der Waals surface area contributed by atoms with Gasteiger partial charge in [0.2, 0.25) is 5.95 Å². The highest BCUT2D eigenvalue weighted by molar-refractivity contribution is 5.88. The van der Waals surface area contributed by atoms with E-state index in [9.17, 15) is 14.0 Å². The van der Waals surface area contributed by atoms with Gasteiger partial charge < -0.3 is 9.90 Å². The molecule has 4 nitrogen and oxygen atoms in total. The van der Waals surface area contributed by atoms with E-state index in [0.717, 1.165) is 6.07 Å². The number of nitrogens with zero attached hydrogens (tertiary/aromatic N) is 1. The molecule has 1 aromatic heterocycles. The zero-order chi connectivity index (χ0) is 11.3. The minimum absolute atomic E-state index is 0.222. The molecule has 1 rings (SSSR count). The Morgan fingerprint density at radius 3 is 2.93 bits per heavy atom. The van der Waals surface area contributed by atoms with Crippen LogP contribution in [0, 0.1) is 5.95 Å². The molecule has 1 aromatic rings. The molecule has 5 heteroatoms. The summed E-state index contributed by atoms with van der Waals surface area (Å²) in [6.45, 7) is 0.